The largest absolute Gasteiger partial charge is 0.336 e. The van der Waals surface area contributed by atoms with Gasteiger partial charge in [-0.15, -0.1) is 0 Å². The van der Waals surface area contributed by atoms with Crippen LogP contribution < -0.4 is 0 Å². The Bertz CT molecular complexity index is 949. The molecular formula is C17H14F4N2O3S. The highest BCUT2D eigenvalue weighted by Gasteiger charge is 2.34. The lowest BCUT2D eigenvalue weighted by molar-refractivity contribution is 0.0696. The van der Waals surface area contributed by atoms with Crippen LogP contribution in [0.3, 0.4) is 0 Å². The smallest absolute Gasteiger partial charge is 0.254 e. The van der Waals surface area contributed by atoms with Gasteiger partial charge >= 0.3 is 0 Å². The first-order valence-electron chi connectivity index (χ1n) is 7.89. The Hall–Kier alpha value is -2.46. The van der Waals surface area contributed by atoms with Gasteiger partial charge in [-0.2, -0.15) is 4.31 Å². The molecule has 0 aromatic heterocycles. The summed E-state index contributed by atoms with van der Waals surface area (Å²) in [6.07, 6.45) is 0. The van der Waals surface area contributed by atoms with E-state index in [0.717, 1.165) is 34.6 Å². The molecule has 0 bridgehead atoms. The summed E-state index contributed by atoms with van der Waals surface area (Å²) in [4.78, 5) is 12.5. The molecule has 3 rings (SSSR count). The van der Waals surface area contributed by atoms with Gasteiger partial charge in [0, 0.05) is 37.8 Å². The molecule has 1 fully saturated rings. The molecule has 144 valence electrons. The van der Waals surface area contributed by atoms with Crippen molar-refractivity contribution in [3.8, 4) is 0 Å². The third-order valence-corrected chi connectivity index (χ3v) is 6.10. The van der Waals surface area contributed by atoms with Crippen LogP contribution in [-0.2, 0) is 10.0 Å². The molecule has 1 aliphatic heterocycles. The van der Waals surface area contributed by atoms with Crippen LogP contribution in [0.1, 0.15) is 10.4 Å². The molecule has 0 N–H and O–H groups in total. The number of piperazine rings is 1. The number of carbonyl (C=O) groups excluding carboxylic acids is 1. The van der Waals surface area contributed by atoms with Crippen molar-refractivity contribution in [3.63, 3.8) is 0 Å². The summed E-state index contributed by atoms with van der Waals surface area (Å²) in [5.74, 6) is -4.89. The first-order valence-corrected chi connectivity index (χ1v) is 9.33. The fourth-order valence-electron chi connectivity index (χ4n) is 2.85. The molecule has 0 spiro atoms. The summed E-state index contributed by atoms with van der Waals surface area (Å²) in [5, 5.41) is 0. The van der Waals surface area contributed by atoms with Crippen molar-refractivity contribution in [3.05, 3.63) is 65.2 Å². The molecule has 0 saturated carbocycles. The van der Waals surface area contributed by atoms with E-state index in [-0.39, 0.29) is 31.7 Å². The topological polar surface area (TPSA) is 57.7 Å². The monoisotopic (exact) mass is 402 g/mol. The van der Waals surface area contributed by atoms with Crippen molar-refractivity contribution in [2.75, 3.05) is 26.2 Å². The van der Waals surface area contributed by atoms with E-state index in [0.29, 0.717) is 6.07 Å². The summed E-state index contributed by atoms with van der Waals surface area (Å²) in [5.41, 5.74) is -0.205. The summed E-state index contributed by atoms with van der Waals surface area (Å²) in [7, 11) is -4.43. The molecule has 1 saturated heterocycles. The SMILES string of the molecule is O=C(c1cc(F)cc(F)c1)N1CCN(S(=O)(=O)c2c(F)cccc2F)CC1. The number of carbonyl (C=O) groups is 1. The average Bonchev–Trinajstić information content (AvgIpc) is 2.60. The number of amides is 1. The van der Waals surface area contributed by atoms with Crippen molar-refractivity contribution in [2.24, 2.45) is 0 Å². The highest BCUT2D eigenvalue weighted by Crippen LogP contribution is 2.24. The number of nitrogens with zero attached hydrogens (tertiary/aromatic N) is 2. The van der Waals surface area contributed by atoms with Crippen LogP contribution in [0.15, 0.2) is 41.3 Å². The molecule has 0 unspecified atom stereocenters. The molecule has 10 heteroatoms. The molecular weight excluding hydrogens is 388 g/mol. The fraction of sp³-hybridized carbons (Fsp3) is 0.235. The van der Waals surface area contributed by atoms with Crippen LogP contribution in [0.5, 0.6) is 0 Å². The van der Waals surface area contributed by atoms with Crippen LogP contribution >= 0.6 is 0 Å². The first-order chi connectivity index (χ1) is 12.7. The maximum absolute atomic E-state index is 13.8. The molecule has 2 aromatic carbocycles. The van der Waals surface area contributed by atoms with E-state index in [4.69, 9.17) is 0 Å². The zero-order chi connectivity index (χ0) is 19.8. The van der Waals surface area contributed by atoms with Gasteiger partial charge in [-0.25, -0.2) is 26.0 Å². The number of benzene rings is 2. The number of rotatable bonds is 3. The minimum atomic E-state index is -4.43. The number of halogens is 4. The second-order valence-corrected chi connectivity index (χ2v) is 7.78. The standard InChI is InChI=1S/C17H14F4N2O3S/c18-12-8-11(9-13(19)10-12)17(24)22-4-6-23(7-5-22)27(25,26)16-14(20)2-1-3-15(16)21/h1-3,8-10H,4-7H2. The summed E-state index contributed by atoms with van der Waals surface area (Å²) in [6, 6.07) is 5.12. The Morgan fingerprint density at radius 1 is 0.852 bits per heavy atom. The third kappa shape index (κ3) is 3.81. The normalized spacial score (nSPS) is 15.8. The Morgan fingerprint density at radius 3 is 1.89 bits per heavy atom. The molecule has 0 atom stereocenters. The summed E-state index contributed by atoms with van der Waals surface area (Å²) >= 11 is 0. The molecule has 1 aliphatic rings. The van der Waals surface area contributed by atoms with Crippen LogP contribution in [0.25, 0.3) is 0 Å². The Kier molecular flexibility index (Phi) is 5.20. The average molecular weight is 402 g/mol. The van der Waals surface area contributed by atoms with Crippen LogP contribution in [0, 0.1) is 23.3 Å². The highest BCUT2D eigenvalue weighted by molar-refractivity contribution is 7.89. The third-order valence-electron chi connectivity index (χ3n) is 4.15. The van der Waals surface area contributed by atoms with E-state index >= 15 is 0 Å². The van der Waals surface area contributed by atoms with Crippen molar-refractivity contribution in [1.82, 2.24) is 9.21 Å². The molecule has 1 amide bonds. The second kappa shape index (κ2) is 7.28. The van der Waals surface area contributed by atoms with Gasteiger partial charge in [-0.1, -0.05) is 6.07 Å². The molecule has 0 aliphatic carbocycles. The number of sulfonamides is 1. The maximum Gasteiger partial charge on any atom is 0.254 e. The van der Waals surface area contributed by atoms with Gasteiger partial charge in [0.05, 0.1) is 0 Å². The van der Waals surface area contributed by atoms with Gasteiger partial charge in [0.1, 0.15) is 23.3 Å². The molecule has 2 aromatic rings. The Morgan fingerprint density at radius 2 is 1.37 bits per heavy atom. The molecule has 0 radical (unpaired) electrons. The molecule has 5 nitrogen and oxygen atoms in total. The fourth-order valence-corrected chi connectivity index (χ4v) is 4.38. The lowest BCUT2D eigenvalue weighted by Crippen LogP contribution is -2.50. The van der Waals surface area contributed by atoms with E-state index in [1.807, 2.05) is 0 Å². The summed E-state index contributed by atoms with van der Waals surface area (Å²) in [6.45, 7) is -0.599. The second-order valence-electron chi connectivity index (χ2n) is 5.91. The number of hydrogen-bond donors (Lipinski definition) is 0. The van der Waals surface area contributed by atoms with Crippen molar-refractivity contribution < 1.29 is 30.8 Å². The van der Waals surface area contributed by atoms with E-state index in [1.165, 1.54) is 4.90 Å². The first kappa shape index (κ1) is 19.3. The van der Waals surface area contributed by atoms with E-state index in [2.05, 4.69) is 0 Å². The van der Waals surface area contributed by atoms with E-state index in [1.54, 1.807) is 0 Å². The van der Waals surface area contributed by atoms with Crippen LogP contribution in [0.2, 0.25) is 0 Å². The van der Waals surface area contributed by atoms with E-state index in [9.17, 15) is 30.8 Å². The lowest BCUT2D eigenvalue weighted by Gasteiger charge is -2.34. The van der Waals surface area contributed by atoms with Crippen LogP contribution in [-0.4, -0.2) is 49.7 Å². The number of hydrogen-bond acceptors (Lipinski definition) is 3. The maximum atomic E-state index is 13.8. The molecule has 1 heterocycles. The van der Waals surface area contributed by atoms with Gasteiger partial charge in [0.25, 0.3) is 5.91 Å². The minimum Gasteiger partial charge on any atom is -0.336 e. The van der Waals surface area contributed by atoms with Gasteiger partial charge in [-0.3, -0.25) is 4.79 Å². The van der Waals surface area contributed by atoms with Crippen molar-refractivity contribution in [2.45, 2.75) is 4.90 Å². The van der Waals surface area contributed by atoms with Gasteiger partial charge in [-0.05, 0) is 24.3 Å². The zero-order valence-electron chi connectivity index (χ0n) is 13.8. The predicted molar refractivity (Wildman–Crippen MR) is 87.4 cm³/mol. The zero-order valence-corrected chi connectivity index (χ0v) is 14.6. The van der Waals surface area contributed by atoms with Gasteiger partial charge < -0.3 is 4.90 Å². The quantitative estimate of drug-likeness (QED) is 0.741. The predicted octanol–water partition coefficient (Wildman–Crippen LogP) is 2.39. The summed E-state index contributed by atoms with van der Waals surface area (Å²) < 4.78 is 80.1. The van der Waals surface area contributed by atoms with Crippen molar-refractivity contribution >= 4 is 15.9 Å². The Balaban J connectivity index is 1.76. The van der Waals surface area contributed by atoms with Gasteiger partial charge in [0.15, 0.2) is 4.90 Å². The van der Waals surface area contributed by atoms with Gasteiger partial charge in [0.2, 0.25) is 10.0 Å². The van der Waals surface area contributed by atoms with E-state index < -0.39 is 44.1 Å². The van der Waals surface area contributed by atoms with Crippen LogP contribution in [0.4, 0.5) is 17.6 Å². The minimum absolute atomic E-state index is 0.0910. The highest BCUT2D eigenvalue weighted by atomic mass is 32.2. The van der Waals surface area contributed by atoms with Crippen molar-refractivity contribution in [1.29, 1.82) is 0 Å². The lowest BCUT2D eigenvalue weighted by atomic mass is 10.1. The Labute approximate surface area is 152 Å². The molecule has 27 heavy (non-hydrogen) atoms.